The summed E-state index contributed by atoms with van der Waals surface area (Å²) in [6.07, 6.45) is 0.414. The third kappa shape index (κ3) is 3.08. The molecule has 7 heteroatoms. The SMILES string of the molecule is COc1ccccc1N1CCC(NC(=O)c2c(O)cccc2O)C1=O. The molecule has 1 fully saturated rings. The Balaban J connectivity index is 1.78. The number of phenolic OH excluding ortho intramolecular Hbond substituents is 2. The smallest absolute Gasteiger partial charge is 0.259 e. The molecule has 25 heavy (non-hydrogen) atoms. The van der Waals surface area contributed by atoms with Crippen molar-refractivity contribution in [3.8, 4) is 17.2 Å². The minimum atomic E-state index is -0.739. The van der Waals surface area contributed by atoms with E-state index in [0.29, 0.717) is 24.4 Å². The van der Waals surface area contributed by atoms with Crippen LogP contribution in [0.15, 0.2) is 42.5 Å². The Bertz CT molecular complexity index is 801. The van der Waals surface area contributed by atoms with Crippen molar-refractivity contribution in [1.29, 1.82) is 0 Å². The second-order valence-corrected chi connectivity index (χ2v) is 5.65. The first-order chi connectivity index (χ1) is 12.0. The van der Waals surface area contributed by atoms with Gasteiger partial charge in [0.1, 0.15) is 28.9 Å². The van der Waals surface area contributed by atoms with E-state index in [2.05, 4.69) is 5.32 Å². The van der Waals surface area contributed by atoms with Gasteiger partial charge in [-0.3, -0.25) is 9.59 Å². The number of methoxy groups -OCH3 is 1. The Hall–Kier alpha value is -3.22. The first kappa shape index (κ1) is 16.6. The molecule has 0 spiro atoms. The molecule has 0 aliphatic carbocycles. The molecule has 2 aromatic rings. The molecule has 7 nitrogen and oxygen atoms in total. The Kier molecular flexibility index (Phi) is 4.47. The van der Waals surface area contributed by atoms with Crippen molar-refractivity contribution in [2.45, 2.75) is 12.5 Å². The Labute approximate surface area is 144 Å². The summed E-state index contributed by atoms with van der Waals surface area (Å²) in [6, 6.07) is 10.4. The van der Waals surface area contributed by atoms with Gasteiger partial charge in [-0.05, 0) is 30.7 Å². The summed E-state index contributed by atoms with van der Waals surface area (Å²) in [7, 11) is 1.53. The normalized spacial score (nSPS) is 16.8. The van der Waals surface area contributed by atoms with Crippen molar-refractivity contribution in [3.05, 3.63) is 48.0 Å². The van der Waals surface area contributed by atoms with Crippen LogP contribution in [0.1, 0.15) is 16.8 Å². The molecule has 0 bridgehead atoms. The quantitative estimate of drug-likeness (QED) is 0.784. The van der Waals surface area contributed by atoms with Crippen molar-refractivity contribution in [1.82, 2.24) is 5.32 Å². The predicted octanol–water partition coefficient (Wildman–Crippen LogP) is 1.64. The van der Waals surface area contributed by atoms with Crippen molar-refractivity contribution < 1.29 is 24.5 Å². The number of carbonyl (C=O) groups excluding carboxylic acids is 2. The van der Waals surface area contributed by atoms with E-state index in [0.717, 1.165) is 0 Å². The number of hydrogen-bond acceptors (Lipinski definition) is 5. The van der Waals surface area contributed by atoms with Gasteiger partial charge in [-0.2, -0.15) is 0 Å². The number of para-hydroxylation sites is 2. The Morgan fingerprint density at radius 1 is 1.16 bits per heavy atom. The van der Waals surface area contributed by atoms with Crippen LogP contribution in [-0.4, -0.2) is 41.7 Å². The highest BCUT2D eigenvalue weighted by atomic mass is 16.5. The number of rotatable bonds is 4. The summed E-state index contributed by atoms with van der Waals surface area (Å²) in [4.78, 5) is 26.5. The third-order valence-corrected chi connectivity index (χ3v) is 4.13. The number of aromatic hydroxyl groups is 2. The van der Waals surface area contributed by atoms with Crippen LogP contribution in [0.4, 0.5) is 5.69 Å². The maximum Gasteiger partial charge on any atom is 0.259 e. The number of phenols is 2. The molecule has 2 amide bonds. The molecule has 2 aromatic carbocycles. The highest BCUT2D eigenvalue weighted by Crippen LogP contribution is 2.31. The minimum Gasteiger partial charge on any atom is -0.507 e. The maximum absolute atomic E-state index is 12.6. The van der Waals surface area contributed by atoms with Crippen molar-refractivity contribution in [2.24, 2.45) is 0 Å². The van der Waals surface area contributed by atoms with Gasteiger partial charge >= 0.3 is 0 Å². The van der Waals surface area contributed by atoms with Gasteiger partial charge in [-0.15, -0.1) is 0 Å². The Morgan fingerprint density at radius 3 is 2.52 bits per heavy atom. The van der Waals surface area contributed by atoms with E-state index in [9.17, 15) is 19.8 Å². The second kappa shape index (κ2) is 6.72. The van der Waals surface area contributed by atoms with Crippen molar-refractivity contribution >= 4 is 17.5 Å². The Morgan fingerprint density at radius 2 is 1.84 bits per heavy atom. The lowest BCUT2D eigenvalue weighted by Crippen LogP contribution is -2.41. The molecule has 0 aromatic heterocycles. The number of nitrogens with zero attached hydrogens (tertiary/aromatic N) is 1. The number of carbonyl (C=O) groups is 2. The van der Waals surface area contributed by atoms with Gasteiger partial charge in [-0.1, -0.05) is 18.2 Å². The summed E-state index contributed by atoms with van der Waals surface area (Å²) < 4.78 is 5.28. The molecule has 1 aliphatic heterocycles. The first-order valence-corrected chi connectivity index (χ1v) is 7.79. The van der Waals surface area contributed by atoms with E-state index in [-0.39, 0.29) is 23.0 Å². The van der Waals surface area contributed by atoms with Crippen LogP contribution in [0.3, 0.4) is 0 Å². The van der Waals surface area contributed by atoms with Crippen LogP contribution in [0.5, 0.6) is 17.2 Å². The molecule has 0 radical (unpaired) electrons. The number of ether oxygens (including phenoxy) is 1. The number of anilines is 1. The first-order valence-electron chi connectivity index (χ1n) is 7.79. The number of amides is 2. The standard InChI is InChI=1S/C18H18N2O5/c1-25-15-8-3-2-5-12(15)20-10-9-11(18(20)24)19-17(23)16-13(21)6-4-7-14(16)22/h2-8,11,21-22H,9-10H2,1H3,(H,19,23). The molecule has 130 valence electrons. The molecular formula is C18H18N2O5. The van der Waals surface area contributed by atoms with E-state index in [4.69, 9.17) is 4.74 Å². The zero-order chi connectivity index (χ0) is 18.0. The molecule has 1 unspecified atom stereocenters. The fourth-order valence-corrected chi connectivity index (χ4v) is 2.90. The van der Waals surface area contributed by atoms with Gasteiger partial charge in [0, 0.05) is 6.54 Å². The zero-order valence-electron chi connectivity index (χ0n) is 13.6. The number of benzene rings is 2. The molecule has 1 atom stereocenters. The molecule has 3 N–H and O–H groups in total. The van der Waals surface area contributed by atoms with Gasteiger partial charge in [0.05, 0.1) is 12.8 Å². The van der Waals surface area contributed by atoms with Crippen LogP contribution in [0, 0.1) is 0 Å². The van der Waals surface area contributed by atoms with Crippen LogP contribution in [0.2, 0.25) is 0 Å². The van der Waals surface area contributed by atoms with Crippen molar-refractivity contribution in [2.75, 3.05) is 18.6 Å². The largest absolute Gasteiger partial charge is 0.507 e. The lowest BCUT2D eigenvalue weighted by Gasteiger charge is -2.19. The number of nitrogens with one attached hydrogen (secondary N) is 1. The van der Waals surface area contributed by atoms with Crippen LogP contribution in [0.25, 0.3) is 0 Å². The number of hydrogen-bond donors (Lipinski definition) is 3. The topological polar surface area (TPSA) is 99.1 Å². The molecular weight excluding hydrogens is 324 g/mol. The van der Waals surface area contributed by atoms with Gasteiger partial charge in [-0.25, -0.2) is 0 Å². The highest BCUT2D eigenvalue weighted by Gasteiger charge is 2.35. The van der Waals surface area contributed by atoms with E-state index in [1.807, 2.05) is 6.07 Å². The molecule has 0 saturated carbocycles. The fraction of sp³-hybridized carbons (Fsp3) is 0.222. The highest BCUT2D eigenvalue weighted by molar-refractivity contribution is 6.06. The molecule has 1 heterocycles. The second-order valence-electron chi connectivity index (χ2n) is 5.65. The van der Waals surface area contributed by atoms with E-state index in [1.54, 1.807) is 23.1 Å². The average molecular weight is 342 g/mol. The lowest BCUT2D eigenvalue weighted by molar-refractivity contribution is -0.118. The van der Waals surface area contributed by atoms with Crippen LogP contribution < -0.4 is 15.0 Å². The van der Waals surface area contributed by atoms with Gasteiger partial charge in [0.25, 0.3) is 5.91 Å². The molecule has 1 aliphatic rings. The van der Waals surface area contributed by atoms with Crippen LogP contribution in [-0.2, 0) is 4.79 Å². The summed E-state index contributed by atoms with van der Waals surface area (Å²) >= 11 is 0. The molecule has 1 saturated heterocycles. The van der Waals surface area contributed by atoms with E-state index < -0.39 is 11.9 Å². The van der Waals surface area contributed by atoms with Crippen molar-refractivity contribution in [3.63, 3.8) is 0 Å². The van der Waals surface area contributed by atoms with E-state index in [1.165, 1.54) is 25.3 Å². The fourth-order valence-electron chi connectivity index (χ4n) is 2.90. The average Bonchev–Trinajstić information content (AvgIpc) is 2.95. The third-order valence-electron chi connectivity index (χ3n) is 4.13. The zero-order valence-corrected chi connectivity index (χ0v) is 13.6. The van der Waals surface area contributed by atoms with Gasteiger partial charge in [0.2, 0.25) is 5.91 Å². The summed E-state index contributed by atoms with van der Waals surface area (Å²) in [5.74, 6) is -1.08. The van der Waals surface area contributed by atoms with Crippen LogP contribution >= 0.6 is 0 Å². The van der Waals surface area contributed by atoms with E-state index >= 15 is 0 Å². The lowest BCUT2D eigenvalue weighted by atomic mass is 10.1. The maximum atomic E-state index is 12.6. The summed E-state index contributed by atoms with van der Waals surface area (Å²) in [6.45, 7) is 0.427. The van der Waals surface area contributed by atoms with Gasteiger partial charge in [0.15, 0.2) is 0 Å². The monoisotopic (exact) mass is 342 g/mol. The summed E-state index contributed by atoms with van der Waals surface area (Å²) in [5, 5.41) is 22.1. The predicted molar refractivity (Wildman–Crippen MR) is 91.0 cm³/mol. The minimum absolute atomic E-state index is 0.244. The molecule has 3 rings (SSSR count). The summed E-state index contributed by atoms with van der Waals surface area (Å²) in [5.41, 5.74) is 0.392. The van der Waals surface area contributed by atoms with Gasteiger partial charge < -0.3 is 25.2 Å².